The van der Waals surface area contributed by atoms with Crippen LogP contribution in [0, 0.1) is 5.41 Å². The van der Waals surface area contributed by atoms with Crippen LogP contribution in [0.5, 0.6) is 5.75 Å². The molecule has 2 aromatic rings. The molecular weight excluding hydrogens is 403 g/mol. The quantitative estimate of drug-likeness (QED) is 0.109. The lowest BCUT2D eigenvalue weighted by atomic mass is 9.72. The van der Waals surface area contributed by atoms with Gasteiger partial charge in [-0.15, -0.1) is 11.3 Å². The topological polar surface area (TPSA) is 203 Å². The second-order valence-electron chi connectivity index (χ2n) is 5.92. The Morgan fingerprint density at radius 3 is 2.86 bits per heavy atom. The van der Waals surface area contributed by atoms with Gasteiger partial charge in [0.25, 0.3) is 5.91 Å². The van der Waals surface area contributed by atoms with Crippen LogP contribution in [-0.4, -0.2) is 56.9 Å². The zero-order valence-electron chi connectivity index (χ0n) is 14.6. The summed E-state index contributed by atoms with van der Waals surface area (Å²) in [6.45, 7) is 0. The molecule has 0 spiro atoms. The van der Waals surface area contributed by atoms with E-state index in [4.69, 9.17) is 15.8 Å². The van der Waals surface area contributed by atoms with Crippen LogP contribution in [0.3, 0.4) is 0 Å². The number of nitrogens with zero attached hydrogens (tertiary/aromatic N) is 2. The number of oxime groups is 1. The van der Waals surface area contributed by atoms with Crippen LogP contribution in [0.2, 0.25) is 0 Å². The Morgan fingerprint density at radius 1 is 1.45 bits per heavy atom. The summed E-state index contributed by atoms with van der Waals surface area (Å²) < 4.78 is 5.30. The van der Waals surface area contributed by atoms with Crippen molar-refractivity contribution in [3.63, 3.8) is 0 Å². The highest BCUT2D eigenvalue weighted by atomic mass is 32.1. The first-order chi connectivity index (χ1) is 13.8. The third-order valence-electron chi connectivity index (χ3n) is 3.97. The highest BCUT2D eigenvalue weighted by Crippen LogP contribution is 2.30. The Kier molecular flexibility index (Phi) is 5.65. The molecule has 0 fully saturated rings. The predicted molar refractivity (Wildman–Crippen MR) is 104 cm³/mol. The first kappa shape index (κ1) is 20.1. The summed E-state index contributed by atoms with van der Waals surface area (Å²) in [4.78, 5) is 27.8. The molecule has 1 aliphatic rings. The zero-order valence-corrected chi connectivity index (χ0v) is 15.4. The molecule has 1 amide bonds. The molecule has 8 N–H and O–H groups in total. The van der Waals surface area contributed by atoms with E-state index in [0.717, 1.165) is 11.3 Å². The third kappa shape index (κ3) is 4.28. The van der Waals surface area contributed by atoms with E-state index in [1.807, 2.05) is 0 Å². The van der Waals surface area contributed by atoms with Gasteiger partial charge in [0, 0.05) is 5.38 Å². The molecule has 29 heavy (non-hydrogen) atoms. The normalized spacial score (nSPS) is 15.8. The molecule has 0 saturated carbocycles. The molecule has 0 aliphatic carbocycles. The molecule has 2 heterocycles. The van der Waals surface area contributed by atoms with Crippen molar-refractivity contribution in [1.29, 1.82) is 5.41 Å². The number of hydrogen-bond donors (Lipinski definition) is 7. The van der Waals surface area contributed by atoms with Crippen LogP contribution < -0.4 is 21.0 Å². The van der Waals surface area contributed by atoms with Gasteiger partial charge in [-0.05, 0) is 18.1 Å². The SMILES string of the molecule is N=C(N)Nc1nc(/C(=N/O)C(=O)N[C@H]2Cc3cccc(C(=O)O)c3OB2O)cs1. The van der Waals surface area contributed by atoms with E-state index in [-0.39, 0.29) is 34.5 Å². The molecule has 0 bridgehead atoms. The predicted octanol–water partition coefficient (Wildman–Crippen LogP) is -0.535. The molecule has 12 nitrogen and oxygen atoms in total. The van der Waals surface area contributed by atoms with Crippen LogP contribution in [0.4, 0.5) is 5.13 Å². The highest BCUT2D eigenvalue weighted by Gasteiger charge is 2.38. The maximum absolute atomic E-state index is 12.5. The van der Waals surface area contributed by atoms with Crippen molar-refractivity contribution in [2.75, 3.05) is 5.32 Å². The largest absolute Gasteiger partial charge is 0.547 e. The summed E-state index contributed by atoms with van der Waals surface area (Å²) in [5, 5.41) is 45.4. The number of amides is 1. The van der Waals surface area contributed by atoms with Gasteiger partial charge in [-0.25, -0.2) is 9.78 Å². The van der Waals surface area contributed by atoms with Gasteiger partial charge in [-0.2, -0.15) is 0 Å². The number of fused-ring (bicyclic) bond motifs is 1. The molecule has 0 radical (unpaired) electrons. The van der Waals surface area contributed by atoms with Gasteiger partial charge in [0.1, 0.15) is 11.4 Å². The average molecular weight is 418 g/mol. The van der Waals surface area contributed by atoms with E-state index in [1.54, 1.807) is 6.07 Å². The van der Waals surface area contributed by atoms with Gasteiger partial charge < -0.3 is 36.4 Å². The number of hydrogen-bond acceptors (Lipinski definition) is 9. The molecule has 1 atom stereocenters. The molecule has 1 aromatic carbocycles. The van der Waals surface area contributed by atoms with E-state index in [2.05, 4.69) is 20.8 Å². The number of anilines is 1. The standard InChI is InChI=1S/C15H15BN6O6S/c17-14(18)21-15-19-8(5-29-15)10(22-27)12(23)20-9-4-6-2-1-3-7(13(24)25)11(6)28-16(9)26/h1-3,5,9,26-27H,4H2,(H,20,23)(H,24,25)(H4,17,18,19,21)/b22-10-/t9-/m0/s1. The number of guanidine groups is 1. The average Bonchev–Trinajstić information content (AvgIpc) is 3.09. The van der Waals surface area contributed by atoms with Crippen LogP contribution in [-0.2, 0) is 11.2 Å². The van der Waals surface area contributed by atoms with Crippen LogP contribution in [0.25, 0.3) is 0 Å². The van der Waals surface area contributed by atoms with E-state index in [9.17, 15) is 24.9 Å². The second-order valence-corrected chi connectivity index (χ2v) is 6.77. The minimum atomic E-state index is -1.52. The number of benzene rings is 1. The number of carbonyl (C=O) groups is 2. The Morgan fingerprint density at radius 2 is 2.21 bits per heavy atom. The molecular formula is C15H15BN6O6S. The number of carboxylic acid groups (broad SMARTS) is 1. The molecule has 0 saturated heterocycles. The van der Waals surface area contributed by atoms with Crippen LogP contribution >= 0.6 is 11.3 Å². The van der Waals surface area contributed by atoms with Crippen molar-refractivity contribution in [3.05, 3.63) is 40.4 Å². The summed E-state index contributed by atoms with van der Waals surface area (Å²) >= 11 is 1.04. The Hall–Kier alpha value is -3.65. The lowest BCUT2D eigenvalue weighted by Crippen LogP contribution is -2.54. The molecule has 14 heteroatoms. The maximum atomic E-state index is 12.5. The summed E-state index contributed by atoms with van der Waals surface area (Å²) in [7, 11) is -1.52. The lowest BCUT2D eigenvalue weighted by molar-refractivity contribution is -0.115. The van der Waals surface area contributed by atoms with Crippen molar-refractivity contribution in [3.8, 4) is 5.75 Å². The van der Waals surface area contributed by atoms with Gasteiger partial charge in [0.05, 0.1) is 11.5 Å². The smallest absolute Gasteiger partial charge is 0.534 e. The van der Waals surface area contributed by atoms with E-state index in [0.29, 0.717) is 5.56 Å². The number of carbonyl (C=O) groups excluding carboxylic acids is 1. The number of carboxylic acids is 1. The van der Waals surface area contributed by atoms with Gasteiger partial charge in [0.15, 0.2) is 16.8 Å². The number of rotatable bonds is 5. The fourth-order valence-corrected chi connectivity index (χ4v) is 3.43. The van der Waals surface area contributed by atoms with Crippen molar-refractivity contribution in [2.24, 2.45) is 10.9 Å². The Labute approximate surface area is 167 Å². The minimum Gasteiger partial charge on any atom is -0.534 e. The number of aromatic carboxylic acids is 1. The fraction of sp³-hybridized carbons (Fsp3) is 0.133. The second kappa shape index (κ2) is 8.16. The summed E-state index contributed by atoms with van der Waals surface area (Å²) in [6, 6.07) is 4.49. The lowest BCUT2D eigenvalue weighted by Gasteiger charge is -2.28. The van der Waals surface area contributed by atoms with Gasteiger partial charge in [-0.1, -0.05) is 17.3 Å². The fourth-order valence-electron chi connectivity index (χ4n) is 2.72. The van der Waals surface area contributed by atoms with E-state index >= 15 is 0 Å². The first-order valence-electron chi connectivity index (χ1n) is 8.10. The number of nitrogens with two attached hydrogens (primary N) is 1. The molecule has 0 unspecified atom stereocenters. The zero-order chi connectivity index (χ0) is 21.1. The Balaban J connectivity index is 1.76. The van der Waals surface area contributed by atoms with Gasteiger partial charge >= 0.3 is 13.1 Å². The summed E-state index contributed by atoms with van der Waals surface area (Å²) in [6.07, 6.45) is 0.0935. The van der Waals surface area contributed by atoms with Gasteiger partial charge in [-0.3, -0.25) is 10.2 Å². The van der Waals surface area contributed by atoms with Gasteiger partial charge in [0.2, 0.25) is 0 Å². The number of nitrogens with one attached hydrogen (secondary N) is 3. The first-order valence-corrected chi connectivity index (χ1v) is 8.98. The molecule has 1 aromatic heterocycles. The van der Waals surface area contributed by atoms with Crippen molar-refractivity contribution in [1.82, 2.24) is 10.3 Å². The monoisotopic (exact) mass is 418 g/mol. The number of aromatic nitrogens is 1. The van der Waals surface area contributed by atoms with Crippen molar-refractivity contribution >= 4 is 47.1 Å². The number of thiazole rings is 1. The highest BCUT2D eigenvalue weighted by molar-refractivity contribution is 7.14. The van der Waals surface area contributed by atoms with Crippen molar-refractivity contribution < 1.29 is 29.6 Å². The van der Waals surface area contributed by atoms with Crippen LogP contribution in [0.1, 0.15) is 21.6 Å². The minimum absolute atomic E-state index is 0.0264. The third-order valence-corrected chi connectivity index (χ3v) is 4.73. The maximum Gasteiger partial charge on any atom is 0.547 e. The molecule has 3 rings (SSSR count). The van der Waals surface area contributed by atoms with E-state index in [1.165, 1.54) is 17.5 Å². The summed E-state index contributed by atoms with van der Waals surface area (Å²) in [5.74, 6) is -3.28. The number of para-hydroxylation sites is 1. The molecule has 150 valence electrons. The molecule has 1 aliphatic heterocycles. The Bertz CT molecular complexity index is 1010. The van der Waals surface area contributed by atoms with Crippen molar-refractivity contribution in [2.45, 2.75) is 12.4 Å². The van der Waals surface area contributed by atoms with Crippen LogP contribution in [0.15, 0.2) is 28.7 Å². The summed E-state index contributed by atoms with van der Waals surface area (Å²) in [5.41, 5.74) is 5.21. The van der Waals surface area contributed by atoms with E-state index < -0.39 is 30.6 Å².